The molecule has 0 spiro atoms. The van der Waals surface area contributed by atoms with E-state index in [1.54, 1.807) is 17.0 Å². The van der Waals surface area contributed by atoms with Crippen molar-refractivity contribution in [1.82, 2.24) is 9.88 Å². The minimum atomic E-state index is -0.402. The van der Waals surface area contributed by atoms with E-state index in [2.05, 4.69) is 4.98 Å². The molecule has 5 nitrogen and oxygen atoms in total. The molecule has 1 fully saturated rings. The summed E-state index contributed by atoms with van der Waals surface area (Å²) >= 11 is 0. The summed E-state index contributed by atoms with van der Waals surface area (Å²) in [6.07, 6.45) is 1.76. The van der Waals surface area contributed by atoms with Gasteiger partial charge in [0, 0.05) is 25.4 Å². The number of rotatable bonds is 2. The number of aliphatic hydroxyl groups is 1. The average molecular weight is 264 g/mol. The first-order valence-corrected chi connectivity index (χ1v) is 6.47. The lowest BCUT2D eigenvalue weighted by atomic mass is 10.2. The lowest BCUT2D eigenvalue weighted by Gasteiger charge is -2.20. The Labute approximate surface area is 113 Å². The van der Waals surface area contributed by atoms with Crippen molar-refractivity contribution < 1.29 is 14.6 Å². The lowest BCUT2D eigenvalue weighted by molar-refractivity contribution is 0.0764. The molecule has 1 amide bonds. The molecule has 5 heteroatoms. The van der Waals surface area contributed by atoms with E-state index in [0.29, 0.717) is 31.0 Å². The topological polar surface area (TPSA) is 62.7 Å². The van der Waals surface area contributed by atoms with E-state index in [0.717, 1.165) is 0 Å². The van der Waals surface area contributed by atoms with Crippen LogP contribution in [0.4, 0.5) is 0 Å². The van der Waals surface area contributed by atoms with Gasteiger partial charge in [0.1, 0.15) is 5.60 Å². The molecule has 1 aromatic rings. The van der Waals surface area contributed by atoms with Gasteiger partial charge in [-0.1, -0.05) is 0 Å². The zero-order chi connectivity index (χ0) is 14.0. The second-order valence-electron chi connectivity index (χ2n) is 5.79. The Kier molecular flexibility index (Phi) is 3.75. The van der Waals surface area contributed by atoms with Gasteiger partial charge >= 0.3 is 0 Å². The fourth-order valence-corrected chi connectivity index (χ4v) is 1.99. The molecule has 1 aromatic heterocycles. The van der Waals surface area contributed by atoms with Crippen LogP contribution in [0.25, 0.3) is 0 Å². The van der Waals surface area contributed by atoms with Crippen molar-refractivity contribution in [2.24, 2.45) is 0 Å². The highest BCUT2D eigenvalue weighted by Gasteiger charge is 2.25. The van der Waals surface area contributed by atoms with Gasteiger partial charge in [-0.15, -0.1) is 0 Å². The van der Waals surface area contributed by atoms with Gasteiger partial charge in [0.15, 0.2) is 0 Å². The third-order valence-electron chi connectivity index (χ3n) is 2.84. The molecule has 1 N–H and O–H groups in total. The van der Waals surface area contributed by atoms with Crippen molar-refractivity contribution in [3.8, 4) is 5.88 Å². The molecular formula is C14H20N2O3. The van der Waals surface area contributed by atoms with Crippen LogP contribution in [0, 0.1) is 0 Å². The number of hydrogen-bond acceptors (Lipinski definition) is 4. The molecule has 1 atom stereocenters. The molecule has 0 radical (unpaired) electrons. The fraction of sp³-hybridized carbons (Fsp3) is 0.571. The van der Waals surface area contributed by atoms with Gasteiger partial charge in [-0.05, 0) is 33.3 Å². The number of amides is 1. The average Bonchev–Trinajstić information content (AvgIpc) is 2.74. The van der Waals surface area contributed by atoms with E-state index in [-0.39, 0.29) is 11.5 Å². The summed E-state index contributed by atoms with van der Waals surface area (Å²) in [7, 11) is 0. The van der Waals surface area contributed by atoms with Crippen molar-refractivity contribution in [3.05, 3.63) is 23.9 Å². The van der Waals surface area contributed by atoms with Crippen LogP contribution in [0.15, 0.2) is 18.3 Å². The van der Waals surface area contributed by atoms with E-state index < -0.39 is 6.10 Å². The summed E-state index contributed by atoms with van der Waals surface area (Å²) in [5.41, 5.74) is 0.216. The van der Waals surface area contributed by atoms with Crippen molar-refractivity contribution >= 4 is 5.91 Å². The zero-order valence-electron chi connectivity index (χ0n) is 11.6. The number of pyridine rings is 1. The molecule has 0 aromatic carbocycles. The Morgan fingerprint density at radius 3 is 2.68 bits per heavy atom. The summed E-state index contributed by atoms with van der Waals surface area (Å²) < 4.78 is 5.60. The Balaban J connectivity index is 2.04. The molecule has 2 rings (SSSR count). The van der Waals surface area contributed by atoms with E-state index in [9.17, 15) is 9.90 Å². The van der Waals surface area contributed by atoms with Crippen LogP contribution >= 0.6 is 0 Å². The van der Waals surface area contributed by atoms with Crippen molar-refractivity contribution in [2.75, 3.05) is 13.1 Å². The molecular weight excluding hydrogens is 244 g/mol. The number of aliphatic hydroxyl groups excluding tert-OH is 1. The third-order valence-corrected chi connectivity index (χ3v) is 2.84. The summed E-state index contributed by atoms with van der Waals surface area (Å²) in [6, 6.07) is 3.41. The Hall–Kier alpha value is -1.62. The van der Waals surface area contributed by atoms with Crippen molar-refractivity contribution in [2.45, 2.75) is 38.9 Å². The highest BCUT2D eigenvalue weighted by molar-refractivity contribution is 5.94. The third kappa shape index (κ3) is 3.67. The van der Waals surface area contributed by atoms with E-state index in [4.69, 9.17) is 4.74 Å². The predicted octanol–water partition coefficient (Wildman–Crippen LogP) is 1.47. The number of carbonyl (C=O) groups excluding carboxylic acids is 1. The normalized spacial score (nSPS) is 19.6. The SMILES string of the molecule is CC(C)(C)Oc1ccc(C(=O)N2CC[C@@H](O)C2)cn1. The summed E-state index contributed by atoms with van der Waals surface area (Å²) in [5, 5.41) is 9.44. The minimum absolute atomic E-state index is 0.0913. The molecule has 1 aliphatic rings. The molecule has 0 saturated carbocycles. The maximum Gasteiger partial charge on any atom is 0.255 e. The summed E-state index contributed by atoms with van der Waals surface area (Å²) in [4.78, 5) is 17.9. The second-order valence-corrected chi connectivity index (χ2v) is 5.79. The number of aromatic nitrogens is 1. The highest BCUT2D eigenvalue weighted by atomic mass is 16.5. The zero-order valence-corrected chi connectivity index (χ0v) is 11.6. The summed E-state index contributed by atoms with van der Waals surface area (Å²) in [6.45, 7) is 6.83. The van der Waals surface area contributed by atoms with Crippen LogP contribution < -0.4 is 4.74 Å². The van der Waals surface area contributed by atoms with Crippen LogP contribution in [0.2, 0.25) is 0 Å². The Morgan fingerprint density at radius 2 is 2.21 bits per heavy atom. The molecule has 0 aliphatic carbocycles. The smallest absolute Gasteiger partial charge is 0.255 e. The maximum absolute atomic E-state index is 12.1. The van der Waals surface area contributed by atoms with Gasteiger partial charge in [0.05, 0.1) is 11.7 Å². The molecule has 0 unspecified atom stereocenters. The van der Waals surface area contributed by atoms with Crippen molar-refractivity contribution in [3.63, 3.8) is 0 Å². The minimum Gasteiger partial charge on any atom is -0.472 e. The van der Waals surface area contributed by atoms with Crippen LogP contribution in [0.5, 0.6) is 5.88 Å². The quantitative estimate of drug-likeness (QED) is 0.878. The first kappa shape index (κ1) is 13.8. The Morgan fingerprint density at radius 1 is 1.47 bits per heavy atom. The van der Waals surface area contributed by atoms with E-state index in [1.807, 2.05) is 20.8 Å². The van der Waals surface area contributed by atoms with Crippen LogP contribution in [-0.4, -0.2) is 45.7 Å². The number of hydrogen-bond donors (Lipinski definition) is 1. The Bertz CT molecular complexity index is 451. The van der Waals surface area contributed by atoms with Gasteiger partial charge in [-0.2, -0.15) is 0 Å². The van der Waals surface area contributed by atoms with E-state index >= 15 is 0 Å². The monoisotopic (exact) mass is 264 g/mol. The van der Waals surface area contributed by atoms with Crippen LogP contribution in [0.3, 0.4) is 0 Å². The number of likely N-dealkylation sites (tertiary alicyclic amines) is 1. The van der Waals surface area contributed by atoms with Crippen LogP contribution in [0.1, 0.15) is 37.6 Å². The van der Waals surface area contributed by atoms with Crippen LogP contribution in [-0.2, 0) is 0 Å². The van der Waals surface area contributed by atoms with Gasteiger partial charge in [-0.25, -0.2) is 4.98 Å². The maximum atomic E-state index is 12.1. The van der Waals surface area contributed by atoms with Gasteiger partial charge in [-0.3, -0.25) is 4.79 Å². The molecule has 0 bridgehead atoms. The molecule has 1 saturated heterocycles. The second kappa shape index (κ2) is 5.17. The predicted molar refractivity (Wildman–Crippen MR) is 71.1 cm³/mol. The number of ether oxygens (including phenoxy) is 1. The molecule has 1 aliphatic heterocycles. The largest absolute Gasteiger partial charge is 0.472 e. The number of nitrogens with zero attached hydrogens (tertiary/aromatic N) is 2. The molecule has 19 heavy (non-hydrogen) atoms. The van der Waals surface area contributed by atoms with Gasteiger partial charge in [0.25, 0.3) is 5.91 Å². The summed E-state index contributed by atoms with van der Waals surface area (Å²) in [5.74, 6) is 0.414. The first-order valence-electron chi connectivity index (χ1n) is 6.47. The number of β-amino-alcohol motifs (C(OH)–C–C–N with tert-alkyl or cyclic N) is 1. The van der Waals surface area contributed by atoms with Gasteiger partial charge in [0.2, 0.25) is 5.88 Å². The molecule has 2 heterocycles. The molecule has 104 valence electrons. The lowest BCUT2D eigenvalue weighted by Crippen LogP contribution is -2.29. The fourth-order valence-electron chi connectivity index (χ4n) is 1.99. The first-order chi connectivity index (χ1) is 8.85. The standard InChI is InChI=1S/C14H20N2O3/c1-14(2,3)19-12-5-4-10(8-15-12)13(18)16-7-6-11(17)9-16/h4-5,8,11,17H,6-7,9H2,1-3H3/t11-/m1/s1. The van der Waals surface area contributed by atoms with E-state index in [1.165, 1.54) is 6.20 Å². The highest BCUT2D eigenvalue weighted by Crippen LogP contribution is 2.17. The number of carbonyl (C=O) groups is 1. The van der Waals surface area contributed by atoms with Crippen molar-refractivity contribution in [1.29, 1.82) is 0 Å². The van der Waals surface area contributed by atoms with Gasteiger partial charge < -0.3 is 14.7 Å².